The highest BCUT2D eigenvalue weighted by atomic mass is 19.1. The first-order valence-electron chi connectivity index (χ1n) is 10.6. The molecule has 1 fully saturated rings. The predicted molar refractivity (Wildman–Crippen MR) is 120 cm³/mol. The van der Waals surface area contributed by atoms with Gasteiger partial charge in [0.25, 0.3) is 0 Å². The Balaban J connectivity index is 1.91. The van der Waals surface area contributed by atoms with Crippen LogP contribution in [-0.4, -0.2) is 53.8 Å². The van der Waals surface area contributed by atoms with E-state index in [9.17, 15) is 23.5 Å². The summed E-state index contributed by atoms with van der Waals surface area (Å²) >= 11 is 0. The van der Waals surface area contributed by atoms with E-state index in [2.05, 4.69) is 11.8 Å². The number of carboxylic acid groups (broad SMARTS) is 1. The van der Waals surface area contributed by atoms with Crippen molar-refractivity contribution in [3.8, 4) is 5.69 Å². The number of pyridine rings is 1. The van der Waals surface area contributed by atoms with Crippen molar-refractivity contribution in [2.24, 2.45) is 5.92 Å². The SMILES string of the molecule is C[C@H]([C@H]1CCN(c2cc3c(cc2F)c(=O)c(C(=O)O)cn3-c2ccc(F)cc2F)C1)N(C)C. The molecule has 0 amide bonds. The average Bonchev–Trinajstić information content (AvgIpc) is 3.23. The smallest absolute Gasteiger partial charge is 0.341 e. The van der Waals surface area contributed by atoms with Crippen LogP contribution < -0.4 is 10.3 Å². The number of nitrogens with zero attached hydrogens (tertiary/aromatic N) is 3. The lowest BCUT2D eigenvalue weighted by atomic mass is 10.00. The minimum absolute atomic E-state index is 0.135. The summed E-state index contributed by atoms with van der Waals surface area (Å²) in [6.45, 7) is 3.31. The Morgan fingerprint density at radius 3 is 2.45 bits per heavy atom. The largest absolute Gasteiger partial charge is 0.477 e. The van der Waals surface area contributed by atoms with Crippen molar-refractivity contribution in [2.75, 3.05) is 32.1 Å². The molecule has 9 heteroatoms. The van der Waals surface area contributed by atoms with E-state index in [4.69, 9.17) is 0 Å². The number of carbonyl (C=O) groups is 1. The number of halogens is 3. The molecule has 1 saturated heterocycles. The molecule has 6 nitrogen and oxygen atoms in total. The third-order valence-corrected chi connectivity index (χ3v) is 6.53. The third-order valence-electron chi connectivity index (χ3n) is 6.53. The standard InChI is InChI=1S/C24H24F3N3O3/c1-13(28(2)3)14-6-7-29(11-14)22-10-21-16(9-19(22)27)23(31)17(24(32)33)12-30(21)20-5-4-15(25)8-18(20)26/h4-5,8-10,12-14H,6-7,11H2,1-3H3,(H,32,33)/t13-,14+/m1/s1. The maximum Gasteiger partial charge on any atom is 0.341 e. The minimum atomic E-state index is -1.53. The number of rotatable bonds is 5. The zero-order chi connectivity index (χ0) is 24.0. The number of benzene rings is 2. The van der Waals surface area contributed by atoms with E-state index in [-0.39, 0.29) is 28.3 Å². The van der Waals surface area contributed by atoms with Crippen molar-refractivity contribution in [2.45, 2.75) is 19.4 Å². The number of aromatic nitrogens is 1. The normalized spacial score (nSPS) is 17.2. The zero-order valence-corrected chi connectivity index (χ0v) is 18.5. The van der Waals surface area contributed by atoms with E-state index in [1.807, 2.05) is 19.0 Å². The van der Waals surface area contributed by atoms with Crippen LogP contribution in [0.3, 0.4) is 0 Å². The summed E-state index contributed by atoms with van der Waals surface area (Å²) in [5, 5.41) is 9.26. The van der Waals surface area contributed by atoms with E-state index < -0.39 is 34.4 Å². The summed E-state index contributed by atoms with van der Waals surface area (Å²) in [5.74, 6) is -3.62. The van der Waals surface area contributed by atoms with E-state index in [1.54, 1.807) is 0 Å². The second-order valence-corrected chi connectivity index (χ2v) is 8.66. The Morgan fingerprint density at radius 1 is 1.12 bits per heavy atom. The van der Waals surface area contributed by atoms with Crippen LogP contribution >= 0.6 is 0 Å². The molecule has 0 aliphatic carbocycles. The summed E-state index contributed by atoms with van der Waals surface area (Å²) in [4.78, 5) is 28.4. The second kappa shape index (κ2) is 8.55. The lowest BCUT2D eigenvalue weighted by molar-refractivity contribution is 0.0695. The number of aromatic carboxylic acids is 1. The molecule has 1 N–H and O–H groups in total. The molecule has 0 saturated carbocycles. The van der Waals surface area contributed by atoms with Crippen LogP contribution in [0.1, 0.15) is 23.7 Å². The van der Waals surface area contributed by atoms with E-state index in [0.717, 1.165) is 35.4 Å². The van der Waals surface area contributed by atoms with Crippen LogP contribution in [0.25, 0.3) is 16.6 Å². The predicted octanol–water partition coefficient (Wildman–Crippen LogP) is 3.88. The lowest BCUT2D eigenvalue weighted by Gasteiger charge is -2.27. The molecule has 2 heterocycles. The maximum atomic E-state index is 15.2. The van der Waals surface area contributed by atoms with Gasteiger partial charge in [0.2, 0.25) is 5.43 Å². The van der Waals surface area contributed by atoms with Crippen molar-refractivity contribution >= 4 is 22.6 Å². The van der Waals surface area contributed by atoms with Gasteiger partial charge in [-0.05, 0) is 57.6 Å². The summed E-state index contributed by atoms with van der Waals surface area (Å²) in [5.41, 5.74) is -1.28. The van der Waals surface area contributed by atoms with Gasteiger partial charge in [-0.25, -0.2) is 18.0 Å². The van der Waals surface area contributed by atoms with Gasteiger partial charge in [-0.2, -0.15) is 0 Å². The third kappa shape index (κ3) is 4.08. The fourth-order valence-electron chi connectivity index (χ4n) is 4.43. The van der Waals surface area contributed by atoms with Gasteiger partial charge < -0.3 is 19.5 Å². The van der Waals surface area contributed by atoms with Gasteiger partial charge in [0.1, 0.15) is 23.0 Å². The molecule has 1 aromatic heterocycles. The molecular formula is C24H24F3N3O3. The highest BCUT2D eigenvalue weighted by Gasteiger charge is 2.30. The van der Waals surface area contributed by atoms with Crippen molar-refractivity contribution in [1.82, 2.24) is 9.47 Å². The van der Waals surface area contributed by atoms with Crippen LogP contribution in [0.15, 0.2) is 41.3 Å². The van der Waals surface area contributed by atoms with Crippen LogP contribution in [0, 0.1) is 23.4 Å². The zero-order valence-electron chi connectivity index (χ0n) is 18.5. The lowest BCUT2D eigenvalue weighted by Crippen LogP contribution is -2.34. The molecule has 0 bridgehead atoms. The highest BCUT2D eigenvalue weighted by molar-refractivity contribution is 5.94. The molecule has 0 radical (unpaired) electrons. The van der Waals surface area contributed by atoms with Crippen molar-refractivity contribution in [1.29, 1.82) is 0 Å². The number of fused-ring (bicyclic) bond motifs is 1. The molecule has 4 rings (SSSR count). The molecular weight excluding hydrogens is 435 g/mol. The first-order chi connectivity index (χ1) is 15.6. The fourth-order valence-corrected chi connectivity index (χ4v) is 4.43. The van der Waals surface area contributed by atoms with Gasteiger partial charge in [0.05, 0.1) is 16.9 Å². The molecule has 1 aliphatic rings. The Kier molecular flexibility index (Phi) is 5.92. The van der Waals surface area contributed by atoms with Crippen molar-refractivity contribution in [3.63, 3.8) is 0 Å². The van der Waals surface area contributed by atoms with Crippen LogP contribution in [0.2, 0.25) is 0 Å². The average molecular weight is 459 g/mol. The van der Waals surface area contributed by atoms with E-state index in [1.165, 1.54) is 6.07 Å². The molecule has 2 atom stereocenters. The molecule has 3 aromatic rings. The van der Waals surface area contributed by atoms with Gasteiger partial charge in [-0.1, -0.05) is 0 Å². The summed E-state index contributed by atoms with van der Waals surface area (Å²) < 4.78 is 44.4. The molecule has 2 aromatic carbocycles. The first kappa shape index (κ1) is 22.8. The van der Waals surface area contributed by atoms with Crippen LogP contribution in [-0.2, 0) is 0 Å². The molecule has 33 heavy (non-hydrogen) atoms. The Bertz CT molecular complexity index is 1310. The molecule has 174 valence electrons. The summed E-state index contributed by atoms with van der Waals surface area (Å²) in [6.07, 6.45) is 1.85. The maximum absolute atomic E-state index is 15.2. The van der Waals surface area contributed by atoms with E-state index >= 15 is 4.39 Å². The number of hydrogen-bond acceptors (Lipinski definition) is 4. The monoisotopic (exact) mass is 459 g/mol. The molecule has 0 unspecified atom stereocenters. The molecule has 1 aliphatic heterocycles. The minimum Gasteiger partial charge on any atom is -0.477 e. The van der Waals surface area contributed by atoms with E-state index in [0.29, 0.717) is 25.1 Å². The van der Waals surface area contributed by atoms with Crippen LogP contribution in [0.5, 0.6) is 0 Å². The topological polar surface area (TPSA) is 65.8 Å². The van der Waals surface area contributed by atoms with Gasteiger partial charge in [-0.15, -0.1) is 0 Å². The number of hydrogen-bond donors (Lipinski definition) is 1. The van der Waals surface area contributed by atoms with Gasteiger partial charge in [0.15, 0.2) is 0 Å². The van der Waals surface area contributed by atoms with Crippen molar-refractivity contribution in [3.05, 3.63) is 69.8 Å². The Morgan fingerprint density at radius 2 is 1.82 bits per heavy atom. The highest BCUT2D eigenvalue weighted by Crippen LogP contribution is 2.32. The first-order valence-corrected chi connectivity index (χ1v) is 10.6. The summed E-state index contributed by atoms with van der Waals surface area (Å²) in [6, 6.07) is 5.55. The van der Waals surface area contributed by atoms with Crippen LogP contribution in [0.4, 0.5) is 18.9 Å². The van der Waals surface area contributed by atoms with Crippen molar-refractivity contribution < 1.29 is 23.1 Å². The van der Waals surface area contributed by atoms with Gasteiger partial charge in [0, 0.05) is 36.8 Å². The second-order valence-electron chi connectivity index (χ2n) is 8.66. The van der Waals surface area contributed by atoms with Gasteiger partial charge >= 0.3 is 5.97 Å². The molecule has 0 spiro atoms. The number of anilines is 1. The Hall–Kier alpha value is -3.33. The fraction of sp³-hybridized carbons (Fsp3) is 0.333. The summed E-state index contributed by atoms with van der Waals surface area (Å²) in [7, 11) is 3.97. The quantitative estimate of drug-likeness (QED) is 0.627. The number of carboxylic acids is 1. The van der Waals surface area contributed by atoms with Gasteiger partial charge in [-0.3, -0.25) is 4.79 Å². The Labute approximate surface area is 188 Å².